The third-order valence-corrected chi connectivity index (χ3v) is 3.42. The Balaban J connectivity index is 2.36. The standard InChI is InChI=1S/C12H22N2O4/c1-12(2,10(16)17)8-13-11(18)14-5-3-9(7-15)4-6-14/h9,15H,3-8H2,1-2H3,(H,13,18)(H,16,17). The number of urea groups is 1. The van der Waals surface area contributed by atoms with E-state index < -0.39 is 11.4 Å². The van der Waals surface area contributed by atoms with Crippen LogP contribution in [0.4, 0.5) is 4.79 Å². The van der Waals surface area contributed by atoms with Gasteiger partial charge in [0.2, 0.25) is 0 Å². The zero-order chi connectivity index (χ0) is 13.8. The molecule has 0 aliphatic carbocycles. The highest BCUT2D eigenvalue weighted by Gasteiger charge is 2.29. The van der Waals surface area contributed by atoms with E-state index in [-0.39, 0.29) is 25.1 Å². The zero-order valence-electron chi connectivity index (χ0n) is 11.0. The zero-order valence-corrected chi connectivity index (χ0v) is 11.0. The van der Waals surface area contributed by atoms with E-state index in [0.29, 0.717) is 13.1 Å². The van der Waals surface area contributed by atoms with Crippen LogP contribution in [-0.4, -0.2) is 53.4 Å². The Bertz CT molecular complexity index is 309. The molecule has 0 spiro atoms. The van der Waals surface area contributed by atoms with Crippen LogP contribution >= 0.6 is 0 Å². The number of aliphatic hydroxyl groups is 1. The summed E-state index contributed by atoms with van der Waals surface area (Å²) in [5.74, 6) is -0.647. The van der Waals surface area contributed by atoms with Crippen LogP contribution in [0.25, 0.3) is 0 Å². The summed E-state index contributed by atoms with van der Waals surface area (Å²) >= 11 is 0. The first kappa shape index (κ1) is 14.8. The smallest absolute Gasteiger partial charge is 0.317 e. The van der Waals surface area contributed by atoms with E-state index in [9.17, 15) is 9.59 Å². The lowest BCUT2D eigenvalue weighted by Crippen LogP contribution is -2.48. The van der Waals surface area contributed by atoms with Crippen molar-refractivity contribution < 1.29 is 19.8 Å². The van der Waals surface area contributed by atoms with Gasteiger partial charge in [-0.05, 0) is 32.6 Å². The van der Waals surface area contributed by atoms with Gasteiger partial charge in [0.25, 0.3) is 0 Å². The highest BCUT2D eigenvalue weighted by atomic mass is 16.4. The number of carbonyl (C=O) groups is 2. The van der Waals surface area contributed by atoms with Crippen molar-refractivity contribution in [1.82, 2.24) is 10.2 Å². The topological polar surface area (TPSA) is 89.9 Å². The lowest BCUT2D eigenvalue weighted by atomic mass is 9.94. The Labute approximate surface area is 107 Å². The fraction of sp³-hybridized carbons (Fsp3) is 0.833. The summed E-state index contributed by atoms with van der Waals surface area (Å²) in [5.41, 5.74) is -0.959. The number of aliphatic hydroxyl groups excluding tert-OH is 1. The van der Waals surface area contributed by atoms with Gasteiger partial charge in [-0.2, -0.15) is 0 Å². The van der Waals surface area contributed by atoms with Crippen LogP contribution in [0.2, 0.25) is 0 Å². The minimum absolute atomic E-state index is 0.112. The number of nitrogens with one attached hydrogen (secondary N) is 1. The number of rotatable bonds is 4. The molecule has 1 saturated heterocycles. The molecular weight excluding hydrogens is 236 g/mol. The first-order valence-corrected chi connectivity index (χ1v) is 6.24. The number of aliphatic carboxylic acids is 1. The number of hydrogen-bond donors (Lipinski definition) is 3. The molecule has 0 aromatic carbocycles. The van der Waals surface area contributed by atoms with Crippen molar-refractivity contribution in [1.29, 1.82) is 0 Å². The maximum absolute atomic E-state index is 11.8. The van der Waals surface area contributed by atoms with Crippen LogP contribution in [0.3, 0.4) is 0 Å². The minimum Gasteiger partial charge on any atom is -0.481 e. The molecule has 1 rings (SSSR count). The number of likely N-dealkylation sites (tertiary alicyclic amines) is 1. The van der Waals surface area contributed by atoms with E-state index in [1.54, 1.807) is 18.7 Å². The Morgan fingerprint density at radius 2 is 1.89 bits per heavy atom. The van der Waals surface area contributed by atoms with Crippen molar-refractivity contribution in [3.63, 3.8) is 0 Å². The Hall–Kier alpha value is -1.30. The summed E-state index contributed by atoms with van der Waals surface area (Å²) in [7, 11) is 0. The van der Waals surface area contributed by atoms with E-state index in [1.165, 1.54) is 0 Å². The predicted octanol–water partition coefficient (Wildman–Crippen LogP) is 0.511. The molecule has 0 aromatic heterocycles. The number of carboxylic acids is 1. The van der Waals surface area contributed by atoms with Crippen LogP contribution in [0.5, 0.6) is 0 Å². The van der Waals surface area contributed by atoms with Gasteiger partial charge in [0.15, 0.2) is 0 Å². The molecule has 3 N–H and O–H groups in total. The van der Waals surface area contributed by atoms with Crippen LogP contribution < -0.4 is 5.32 Å². The molecule has 1 aliphatic rings. The van der Waals surface area contributed by atoms with Crippen molar-refractivity contribution >= 4 is 12.0 Å². The van der Waals surface area contributed by atoms with Gasteiger partial charge in [0.05, 0.1) is 5.41 Å². The second-order valence-corrected chi connectivity index (χ2v) is 5.46. The van der Waals surface area contributed by atoms with Crippen molar-refractivity contribution in [3.8, 4) is 0 Å². The maximum atomic E-state index is 11.8. The normalized spacial score (nSPS) is 17.6. The third-order valence-electron chi connectivity index (χ3n) is 3.42. The quantitative estimate of drug-likeness (QED) is 0.685. The number of amides is 2. The summed E-state index contributed by atoms with van der Waals surface area (Å²) in [6.07, 6.45) is 1.60. The number of carbonyl (C=O) groups excluding carboxylic acids is 1. The van der Waals surface area contributed by atoms with E-state index in [1.807, 2.05) is 0 Å². The Morgan fingerprint density at radius 3 is 2.33 bits per heavy atom. The average Bonchev–Trinajstić information content (AvgIpc) is 2.36. The molecular formula is C12H22N2O4. The van der Waals surface area contributed by atoms with E-state index in [2.05, 4.69) is 5.32 Å². The number of nitrogens with zero attached hydrogens (tertiary/aromatic N) is 1. The predicted molar refractivity (Wildman–Crippen MR) is 66.2 cm³/mol. The molecule has 18 heavy (non-hydrogen) atoms. The minimum atomic E-state index is -0.959. The van der Waals surface area contributed by atoms with E-state index in [4.69, 9.17) is 10.2 Å². The summed E-state index contributed by atoms with van der Waals surface area (Å²) in [6.45, 7) is 4.67. The third kappa shape index (κ3) is 3.87. The van der Waals surface area contributed by atoms with Crippen molar-refractivity contribution in [2.75, 3.05) is 26.2 Å². The molecule has 6 nitrogen and oxygen atoms in total. The molecule has 1 fully saturated rings. The van der Waals surface area contributed by atoms with Gasteiger partial charge in [-0.1, -0.05) is 0 Å². The molecule has 0 radical (unpaired) electrons. The summed E-state index contributed by atoms with van der Waals surface area (Å²) in [5, 5.41) is 20.6. The van der Waals surface area contributed by atoms with Crippen LogP contribution in [-0.2, 0) is 4.79 Å². The first-order chi connectivity index (χ1) is 8.36. The maximum Gasteiger partial charge on any atom is 0.317 e. The molecule has 0 atom stereocenters. The fourth-order valence-electron chi connectivity index (χ4n) is 1.80. The van der Waals surface area contributed by atoms with Crippen molar-refractivity contribution in [3.05, 3.63) is 0 Å². The average molecular weight is 258 g/mol. The van der Waals surface area contributed by atoms with Crippen LogP contribution in [0.1, 0.15) is 26.7 Å². The molecule has 6 heteroatoms. The van der Waals surface area contributed by atoms with Crippen molar-refractivity contribution in [2.45, 2.75) is 26.7 Å². The van der Waals surface area contributed by atoms with Crippen LogP contribution in [0, 0.1) is 11.3 Å². The van der Waals surface area contributed by atoms with Gasteiger partial charge in [-0.25, -0.2) is 4.79 Å². The summed E-state index contributed by atoms with van der Waals surface area (Å²) in [6, 6.07) is -0.222. The monoisotopic (exact) mass is 258 g/mol. The van der Waals surface area contributed by atoms with E-state index >= 15 is 0 Å². The Kier molecular flexibility index (Phi) is 4.95. The second-order valence-electron chi connectivity index (χ2n) is 5.46. The highest BCUT2D eigenvalue weighted by Crippen LogP contribution is 2.17. The van der Waals surface area contributed by atoms with Gasteiger partial charge in [0, 0.05) is 26.2 Å². The molecule has 104 valence electrons. The summed E-state index contributed by atoms with van der Waals surface area (Å²) in [4.78, 5) is 24.4. The van der Waals surface area contributed by atoms with Gasteiger partial charge in [-0.3, -0.25) is 4.79 Å². The van der Waals surface area contributed by atoms with Gasteiger partial charge in [-0.15, -0.1) is 0 Å². The molecule has 0 bridgehead atoms. The first-order valence-electron chi connectivity index (χ1n) is 6.24. The molecule has 2 amide bonds. The molecule has 1 aliphatic heterocycles. The van der Waals surface area contributed by atoms with Crippen LogP contribution in [0.15, 0.2) is 0 Å². The van der Waals surface area contributed by atoms with E-state index in [0.717, 1.165) is 12.8 Å². The van der Waals surface area contributed by atoms with Gasteiger partial charge >= 0.3 is 12.0 Å². The lowest BCUT2D eigenvalue weighted by molar-refractivity contribution is -0.146. The molecule has 0 aromatic rings. The number of carboxylic acid groups (broad SMARTS) is 1. The molecule has 0 unspecified atom stereocenters. The lowest BCUT2D eigenvalue weighted by Gasteiger charge is -2.32. The number of hydrogen-bond acceptors (Lipinski definition) is 3. The van der Waals surface area contributed by atoms with Gasteiger partial charge in [0.1, 0.15) is 0 Å². The molecule has 0 saturated carbocycles. The second kappa shape index (κ2) is 6.04. The van der Waals surface area contributed by atoms with Gasteiger partial charge < -0.3 is 20.4 Å². The number of piperidine rings is 1. The largest absolute Gasteiger partial charge is 0.481 e. The molecule has 1 heterocycles. The fourth-order valence-corrected chi connectivity index (χ4v) is 1.80. The SMILES string of the molecule is CC(C)(CNC(=O)N1CCC(CO)CC1)C(=O)O. The highest BCUT2D eigenvalue weighted by molar-refractivity contribution is 5.77. The van der Waals surface area contributed by atoms with Crippen molar-refractivity contribution in [2.24, 2.45) is 11.3 Å². The summed E-state index contributed by atoms with van der Waals surface area (Å²) < 4.78 is 0. The Morgan fingerprint density at radius 1 is 1.33 bits per heavy atom.